The van der Waals surface area contributed by atoms with Gasteiger partial charge >= 0.3 is 0 Å². The van der Waals surface area contributed by atoms with E-state index in [2.05, 4.69) is 6.08 Å². The fraction of sp³-hybridized carbons (Fsp3) is 0.800. The van der Waals surface area contributed by atoms with E-state index in [-0.39, 0.29) is 0 Å². The predicted molar refractivity (Wildman–Crippen MR) is 49.5 cm³/mol. The van der Waals surface area contributed by atoms with Gasteiger partial charge in [0.15, 0.2) is 0 Å². The van der Waals surface area contributed by atoms with Crippen molar-refractivity contribution in [3.63, 3.8) is 0 Å². The van der Waals surface area contributed by atoms with Crippen LogP contribution in [0.25, 0.3) is 0 Å². The molecular weight excluding hydrogens is 134 g/mol. The molecule has 64 valence electrons. The van der Waals surface area contributed by atoms with Crippen LogP contribution in [0, 0.1) is 0 Å². The Bertz CT molecular complexity index is 119. The SMILES string of the molecule is NCCCC=C1CCCCC1. The summed E-state index contributed by atoms with van der Waals surface area (Å²) in [6, 6.07) is 0. The molecule has 1 aliphatic rings. The molecule has 0 spiro atoms. The minimum absolute atomic E-state index is 0.837. The van der Waals surface area contributed by atoms with Crippen molar-refractivity contribution in [2.75, 3.05) is 6.54 Å². The van der Waals surface area contributed by atoms with Gasteiger partial charge in [-0.3, -0.25) is 0 Å². The molecule has 0 aromatic rings. The Kier molecular flexibility index (Phi) is 4.29. The van der Waals surface area contributed by atoms with Crippen molar-refractivity contribution in [2.45, 2.75) is 44.9 Å². The predicted octanol–water partition coefficient (Wildman–Crippen LogP) is 2.62. The summed E-state index contributed by atoms with van der Waals surface area (Å²) in [5, 5.41) is 0. The van der Waals surface area contributed by atoms with Gasteiger partial charge in [0.2, 0.25) is 0 Å². The average Bonchev–Trinajstić information content (AvgIpc) is 2.07. The molecule has 2 N–H and O–H groups in total. The summed E-state index contributed by atoms with van der Waals surface area (Å²) in [6.07, 6.45) is 11.7. The van der Waals surface area contributed by atoms with Crippen LogP contribution in [0.4, 0.5) is 0 Å². The number of hydrogen-bond acceptors (Lipinski definition) is 1. The molecular formula is C10H19N. The van der Waals surface area contributed by atoms with Gasteiger partial charge in [-0.25, -0.2) is 0 Å². The first-order valence-corrected chi connectivity index (χ1v) is 4.81. The van der Waals surface area contributed by atoms with Gasteiger partial charge in [0.1, 0.15) is 0 Å². The van der Waals surface area contributed by atoms with Gasteiger partial charge in [-0.05, 0) is 45.1 Å². The Balaban J connectivity index is 2.15. The molecule has 0 heterocycles. The van der Waals surface area contributed by atoms with Crippen LogP contribution in [0.5, 0.6) is 0 Å². The molecule has 1 fully saturated rings. The smallest absolute Gasteiger partial charge is 0.00743 e. The van der Waals surface area contributed by atoms with Crippen LogP contribution in [0.3, 0.4) is 0 Å². The molecule has 1 rings (SSSR count). The van der Waals surface area contributed by atoms with Crippen molar-refractivity contribution in [2.24, 2.45) is 5.73 Å². The molecule has 0 radical (unpaired) electrons. The maximum atomic E-state index is 5.41. The minimum atomic E-state index is 0.837. The van der Waals surface area contributed by atoms with Crippen molar-refractivity contribution in [1.29, 1.82) is 0 Å². The third kappa shape index (κ3) is 3.57. The van der Waals surface area contributed by atoms with E-state index in [1.165, 1.54) is 38.5 Å². The van der Waals surface area contributed by atoms with Crippen LogP contribution in [0.1, 0.15) is 44.9 Å². The third-order valence-electron chi connectivity index (χ3n) is 2.34. The molecule has 0 bridgehead atoms. The van der Waals surface area contributed by atoms with Gasteiger partial charge in [-0.2, -0.15) is 0 Å². The Labute approximate surface area is 69.7 Å². The van der Waals surface area contributed by atoms with E-state index in [0.29, 0.717) is 0 Å². The quantitative estimate of drug-likeness (QED) is 0.489. The molecule has 0 atom stereocenters. The Morgan fingerprint density at radius 3 is 2.55 bits per heavy atom. The molecule has 0 unspecified atom stereocenters. The number of allylic oxidation sites excluding steroid dienone is 2. The van der Waals surface area contributed by atoms with Crippen molar-refractivity contribution < 1.29 is 0 Å². The summed E-state index contributed by atoms with van der Waals surface area (Å²) in [7, 11) is 0. The van der Waals surface area contributed by atoms with E-state index in [1.807, 2.05) is 0 Å². The lowest BCUT2D eigenvalue weighted by atomic mass is 9.94. The minimum Gasteiger partial charge on any atom is -0.330 e. The first kappa shape index (κ1) is 8.79. The van der Waals surface area contributed by atoms with E-state index in [9.17, 15) is 0 Å². The summed E-state index contributed by atoms with van der Waals surface area (Å²) in [6.45, 7) is 0.837. The van der Waals surface area contributed by atoms with Crippen molar-refractivity contribution in [3.05, 3.63) is 11.6 Å². The van der Waals surface area contributed by atoms with Crippen molar-refractivity contribution in [3.8, 4) is 0 Å². The highest BCUT2D eigenvalue weighted by molar-refractivity contribution is 5.03. The van der Waals surface area contributed by atoms with E-state index < -0.39 is 0 Å². The molecule has 0 saturated heterocycles. The highest BCUT2D eigenvalue weighted by Crippen LogP contribution is 2.22. The molecule has 0 aromatic carbocycles. The molecule has 1 nitrogen and oxygen atoms in total. The second-order valence-electron chi connectivity index (χ2n) is 3.35. The van der Waals surface area contributed by atoms with Gasteiger partial charge in [-0.1, -0.05) is 18.1 Å². The largest absolute Gasteiger partial charge is 0.330 e. The molecule has 1 saturated carbocycles. The van der Waals surface area contributed by atoms with Crippen LogP contribution in [0.2, 0.25) is 0 Å². The fourth-order valence-corrected chi connectivity index (χ4v) is 1.63. The lowest BCUT2D eigenvalue weighted by Crippen LogP contribution is -1.98. The van der Waals surface area contributed by atoms with E-state index in [1.54, 1.807) is 5.57 Å². The Morgan fingerprint density at radius 2 is 1.91 bits per heavy atom. The number of rotatable bonds is 3. The van der Waals surface area contributed by atoms with Gasteiger partial charge < -0.3 is 5.73 Å². The number of hydrogen-bond donors (Lipinski definition) is 1. The van der Waals surface area contributed by atoms with Crippen molar-refractivity contribution >= 4 is 0 Å². The van der Waals surface area contributed by atoms with E-state index in [0.717, 1.165) is 13.0 Å². The summed E-state index contributed by atoms with van der Waals surface area (Å²) in [4.78, 5) is 0. The zero-order chi connectivity index (χ0) is 7.94. The van der Waals surface area contributed by atoms with E-state index >= 15 is 0 Å². The topological polar surface area (TPSA) is 26.0 Å². The third-order valence-corrected chi connectivity index (χ3v) is 2.34. The van der Waals surface area contributed by atoms with Crippen LogP contribution in [-0.2, 0) is 0 Å². The van der Waals surface area contributed by atoms with Crippen LogP contribution in [-0.4, -0.2) is 6.54 Å². The first-order valence-electron chi connectivity index (χ1n) is 4.81. The Hall–Kier alpha value is -0.300. The van der Waals surface area contributed by atoms with Gasteiger partial charge in [0.05, 0.1) is 0 Å². The summed E-state index contributed by atoms with van der Waals surface area (Å²) in [5.74, 6) is 0. The molecule has 11 heavy (non-hydrogen) atoms. The number of unbranched alkanes of at least 4 members (excludes halogenated alkanes) is 1. The zero-order valence-electron chi connectivity index (χ0n) is 7.31. The number of nitrogens with two attached hydrogens (primary N) is 1. The monoisotopic (exact) mass is 153 g/mol. The molecule has 1 aliphatic carbocycles. The molecule has 0 amide bonds. The lowest BCUT2D eigenvalue weighted by Gasteiger charge is -2.12. The molecule has 1 heteroatoms. The molecule has 0 aromatic heterocycles. The standard InChI is InChI=1S/C10H19N/c11-9-5-4-8-10-6-2-1-3-7-10/h8H,1-7,9,11H2. The highest BCUT2D eigenvalue weighted by Gasteiger charge is 2.03. The van der Waals surface area contributed by atoms with Gasteiger partial charge in [0, 0.05) is 0 Å². The van der Waals surface area contributed by atoms with Crippen LogP contribution >= 0.6 is 0 Å². The zero-order valence-corrected chi connectivity index (χ0v) is 7.31. The van der Waals surface area contributed by atoms with Crippen LogP contribution in [0.15, 0.2) is 11.6 Å². The maximum Gasteiger partial charge on any atom is -0.00743 e. The first-order chi connectivity index (χ1) is 5.43. The lowest BCUT2D eigenvalue weighted by molar-refractivity contribution is 0.595. The van der Waals surface area contributed by atoms with Crippen molar-refractivity contribution in [1.82, 2.24) is 0 Å². The van der Waals surface area contributed by atoms with Gasteiger partial charge in [-0.15, -0.1) is 0 Å². The summed E-state index contributed by atoms with van der Waals surface area (Å²) < 4.78 is 0. The normalized spacial score (nSPS) is 18.5. The summed E-state index contributed by atoms with van der Waals surface area (Å²) >= 11 is 0. The fourth-order valence-electron chi connectivity index (χ4n) is 1.63. The average molecular weight is 153 g/mol. The van der Waals surface area contributed by atoms with E-state index in [4.69, 9.17) is 5.73 Å². The second-order valence-corrected chi connectivity index (χ2v) is 3.35. The Morgan fingerprint density at radius 1 is 1.18 bits per heavy atom. The molecule has 0 aliphatic heterocycles. The highest BCUT2D eigenvalue weighted by atomic mass is 14.5. The summed E-state index contributed by atoms with van der Waals surface area (Å²) in [5.41, 5.74) is 7.10. The van der Waals surface area contributed by atoms with Gasteiger partial charge in [0.25, 0.3) is 0 Å². The van der Waals surface area contributed by atoms with Crippen LogP contribution < -0.4 is 5.73 Å². The second kappa shape index (κ2) is 5.36. The maximum absolute atomic E-state index is 5.41.